The van der Waals surface area contributed by atoms with Gasteiger partial charge in [0.25, 0.3) is 0 Å². The van der Waals surface area contributed by atoms with Gasteiger partial charge in [-0.2, -0.15) is 9.97 Å². The molecule has 0 saturated carbocycles. The average molecular weight is 634 g/mol. The third-order valence-electron chi connectivity index (χ3n) is 10.4. The van der Waals surface area contributed by atoms with Crippen molar-refractivity contribution in [3.8, 4) is 29.5 Å². The van der Waals surface area contributed by atoms with E-state index in [-0.39, 0.29) is 46.1 Å². The molecule has 0 unspecified atom stereocenters. The van der Waals surface area contributed by atoms with Crippen molar-refractivity contribution in [2.24, 2.45) is 0 Å². The van der Waals surface area contributed by atoms with Crippen LogP contribution < -0.4 is 15.0 Å². The van der Waals surface area contributed by atoms with Crippen LogP contribution in [-0.4, -0.2) is 70.9 Å². The Kier molecular flexibility index (Phi) is 6.71. The number of halogens is 5. The van der Waals surface area contributed by atoms with E-state index >= 15 is 13.2 Å². The molecule has 1 aromatic heterocycles. The molecule has 4 aliphatic rings. The van der Waals surface area contributed by atoms with Crippen molar-refractivity contribution in [1.82, 2.24) is 20.2 Å². The van der Waals surface area contributed by atoms with Crippen LogP contribution >= 0.6 is 0 Å². The van der Waals surface area contributed by atoms with Crippen molar-refractivity contribution < 1.29 is 26.7 Å². The lowest BCUT2D eigenvalue weighted by Gasteiger charge is -2.40. The van der Waals surface area contributed by atoms with E-state index < -0.39 is 46.1 Å². The zero-order valence-electron chi connectivity index (χ0n) is 25.3. The maximum absolute atomic E-state index is 16.8. The number of aromatic nitrogens is 2. The number of piperazine rings is 1. The van der Waals surface area contributed by atoms with Crippen LogP contribution in [0.15, 0.2) is 30.3 Å². The van der Waals surface area contributed by atoms with E-state index in [1.54, 1.807) is 0 Å². The molecule has 0 spiro atoms. The molecule has 4 aliphatic heterocycles. The molecule has 8 rings (SSSR count). The first-order valence-corrected chi connectivity index (χ1v) is 15.7. The number of nitrogens with one attached hydrogen (secondary N) is 1. The number of terminal acetylenes is 1. The largest absolute Gasteiger partial charge is 0.461 e. The van der Waals surface area contributed by atoms with Crippen molar-refractivity contribution in [2.45, 2.75) is 62.3 Å². The third-order valence-corrected chi connectivity index (χ3v) is 10.4. The summed E-state index contributed by atoms with van der Waals surface area (Å²) in [6.45, 7) is 4.40. The Hall–Kier alpha value is -4.01. The summed E-state index contributed by atoms with van der Waals surface area (Å²) in [5.41, 5.74) is -2.49. The minimum atomic E-state index is -1.14. The zero-order valence-corrected chi connectivity index (χ0v) is 25.3. The summed E-state index contributed by atoms with van der Waals surface area (Å²) in [7, 11) is 0. The Bertz CT molecular complexity index is 1960. The first-order valence-electron chi connectivity index (χ1n) is 15.7. The molecule has 6 nitrogen and oxygen atoms in total. The summed E-state index contributed by atoms with van der Waals surface area (Å²) in [6.07, 6.45) is 8.50. The number of benzene rings is 3. The Morgan fingerprint density at radius 2 is 1.85 bits per heavy atom. The minimum Gasteiger partial charge on any atom is -0.461 e. The van der Waals surface area contributed by atoms with Crippen molar-refractivity contribution >= 4 is 27.5 Å². The van der Waals surface area contributed by atoms with Crippen LogP contribution in [0, 0.1) is 35.6 Å². The minimum absolute atomic E-state index is 0.102. The van der Waals surface area contributed by atoms with Crippen LogP contribution in [0.1, 0.15) is 44.6 Å². The molecule has 0 radical (unpaired) electrons. The maximum atomic E-state index is 16.8. The lowest BCUT2D eigenvalue weighted by Crippen LogP contribution is -2.58. The average Bonchev–Trinajstić information content (AvgIpc) is 3.64. The highest BCUT2D eigenvalue weighted by Gasteiger charge is 2.49. The number of hydrogen-bond donors (Lipinski definition) is 1. The summed E-state index contributed by atoms with van der Waals surface area (Å²) in [5, 5.41) is 3.93. The Morgan fingerprint density at radius 3 is 2.63 bits per heavy atom. The molecule has 46 heavy (non-hydrogen) atoms. The molecular weight excluding hydrogens is 601 g/mol. The molecule has 0 amide bonds. The number of anilines is 1. The summed E-state index contributed by atoms with van der Waals surface area (Å²) in [4.78, 5) is 13.2. The second kappa shape index (κ2) is 10.5. The van der Waals surface area contributed by atoms with Crippen molar-refractivity contribution in [3.05, 3.63) is 59.2 Å². The van der Waals surface area contributed by atoms with Gasteiger partial charge < -0.3 is 15.0 Å². The van der Waals surface area contributed by atoms with E-state index in [1.165, 1.54) is 12.1 Å². The van der Waals surface area contributed by atoms with Crippen LogP contribution in [0.5, 0.6) is 6.01 Å². The van der Waals surface area contributed by atoms with Crippen molar-refractivity contribution in [3.63, 3.8) is 0 Å². The lowest BCUT2D eigenvalue weighted by atomic mass is 9.92. The van der Waals surface area contributed by atoms with Gasteiger partial charge in [0.1, 0.15) is 41.6 Å². The number of rotatable bonds is 5. The molecular formula is C35H32F5N5O. The van der Waals surface area contributed by atoms with Gasteiger partial charge in [-0.1, -0.05) is 18.1 Å². The molecule has 5 heterocycles. The maximum Gasteiger partial charge on any atom is 0.319 e. The van der Waals surface area contributed by atoms with Gasteiger partial charge in [0.15, 0.2) is 5.82 Å². The Labute approximate surface area is 262 Å². The topological polar surface area (TPSA) is 53.5 Å². The molecule has 4 atom stereocenters. The molecule has 4 saturated heterocycles. The molecule has 0 aliphatic carbocycles. The van der Waals surface area contributed by atoms with Gasteiger partial charge in [0.2, 0.25) is 0 Å². The molecule has 4 aromatic rings. The van der Waals surface area contributed by atoms with E-state index in [0.717, 1.165) is 50.4 Å². The van der Waals surface area contributed by atoms with Crippen LogP contribution in [0.25, 0.3) is 32.8 Å². The Balaban J connectivity index is 1.32. The van der Waals surface area contributed by atoms with Gasteiger partial charge in [-0.25, -0.2) is 22.0 Å². The van der Waals surface area contributed by atoms with Gasteiger partial charge in [0, 0.05) is 54.0 Å². The van der Waals surface area contributed by atoms with Gasteiger partial charge in [-0.3, -0.25) is 4.90 Å². The van der Waals surface area contributed by atoms with E-state index in [1.807, 2.05) is 4.90 Å². The smallest absolute Gasteiger partial charge is 0.319 e. The molecule has 11 heteroatoms. The van der Waals surface area contributed by atoms with Crippen LogP contribution in [-0.2, 0) is 0 Å². The van der Waals surface area contributed by atoms with Crippen LogP contribution in [0.2, 0.25) is 0 Å². The monoisotopic (exact) mass is 633 g/mol. The molecule has 3 aromatic carbocycles. The summed E-state index contributed by atoms with van der Waals surface area (Å²) in [6, 6.07) is 6.11. The second-order valence-electron chi connectivity index (χ2n) is 13.5. The second-order valence-corrected chi connectivity index (χ2v) is 13.5. The quantitative estimate of drug-likeness (QED) is 0.207. The number of alkyl halides is 1. The molecule has 238 valence electrons. The molecule has 1 N–H and O–H groups in total. The van der Waals surface area contributed by atoms with Gasteiger partial charge in [-0.15, -0.1) is 6.42 Å². The summed E-state index contributed by atoms with van der Waals surface area (Å²) < 4.78 is 84.1. The fraction of sp³-hybridized carbons (Fsp3) is 0.429. The zero-order chi connectivity index (χ0) is 32.0. The number of nitrogens with zero attached hydrogens (tertiary/aromatic N) is 4. The van der Waals surface area contributed by atoms with Crippen LogP contribution in [0.3, 0.4) is 0 Å². The summed E-state index contributed by atoms with van der Waals surface area (Å²) in [5.74, 6) is -1.46. The lowest BCUT2D eigenvalue weighted by molar-refractivity contribution is 0.107. The highest BCUT2D eigenvalue weighted by molar-refractivity contribution is 6.03. The molecule has 4 fully saturated rings. The normalized spacial score (nSPS) is 27.5. The van der Waals surface area contributed by atoms with E-state index in [9.17, 15) is 8.78 Å². The fourth-order valence-corrected chi connectivity index (χ4v) is 8.40. The SMILES string of the molecule is C#Cc1c(F)ccc2ccc(F)c(-c3c(F)cc4c(N5C[C@H]6CC[C@@](C)(C5)N6)nc(OC[C@@]56CCCN5C[C@H](F)C6)nc4c3F)c12. The fourth-order valence-electron chi connectivity index (χ4n) is 8.40. The van der Waals surface area contributed by atoms with E-state index in [4.69, 9.17) is 16.1 Å². The molecule has 2 bridgehead atoms. The predicted octanol–water partition coefficient (Wildman–Crippen LogP) is 6.27. The number of ether oxygens (including phenoxy) is 1. The van der Waals surface area contributed by atoms with Gasteiger partial charge in [0.05, 0.1) is 16.7 Å². The van der Waals surface area contributed by atoms with E-state index in [0.29, 0.717) is 37.3 Å². The van der Waals surface area contributed by atoms with Crippen LogP contribution in [0.4, 0.5) is 27.8 Å². The van der Waals surface area contributed by atoms with Crippen molar-refractivity contribution in [2.75, 3.05) is 37.7 Å². The highest BCUT2D eigenvalue weighted by atomic mass is 19.1. The first kappa shape index (κ1) is 29.4. The number of hydrogen-bond acceptors (Lipinski definition) is 6. The third kappa shape index (κ3) is 4.52. The van der Waals surface area contributed by atoms with Gasteiger partial charge in [-0.05, 0) is 62.7 Å². The predicted molar refractivity (Wildman–Crippen MR) is 166 cm³/mol. The van der Waals surface area contributed by atoms with E-state index in [2.05, 4.69) is 28.0 Å². The summed E-state index contributed by atoms with van der Waals surface area (Å²) >= 11 is 0. The number of fused-ring (bicyclic) bond motifs is 5. The van der Waals surface area contributed by atoms with Crippen molar-refractivity contribution in [1.29, 1.82) is 0 Å². The first-order chi connectivity index (χ1) is 22.1. The standard InChI is InChI=1S/C35H32F5N5O/c1-3-22-24(37)7-5-19-6-8-25(38)28(27(19)22)29-26(39)13-23-31(30(29)40)41-33(46-18-35-10-4-12-45(35)15-20(36)14-35)42-32(23)44-16-21-9-11-34(2,17-44)43-21/h1,5-8,13,20-21,43H,4,9-12,14-18H2,2H3/t20-,21-,34+,35+/m1/s1. The van der Waals surface area contributed by atoms with Gasteiger partial charge >= 0.3 is 6.01 Å². The highest BCUT2D eigenvalue weighted by Crippen LogP contribution is 2.43. The Morgan fingerprint density at radius 1 is 1.04 bits per heavy atom.